The first-order valence-electron chi connectivity index (χ1n) is 6.22. The van der Waals surface area contributed by atoms with Crippen LogP contribution in [0.1, 0.15) is 30.3 Å². The van der Waals surface area contributed by atoms with Gasteiger partial charge >= 0.3 is 0 Å². The molecule has 0 aliphatic rings. The lowest BCUT2D eigenvalue weighted by atomic mass is 10.1. The van der Waals surface area contributed by atoms with E-state index >= 15 is 0 Å². The van der Waals surface area contributed by atoms with Gasteiger partial charge in [0.25, 0.3) is 0 Å². The Morgan fingerprint density at radius 3 is 2.68 bits per heavy atom. The van der Waals surface area contributed by atoms with E-state index in [2.05, 4.69) is 4.98 Å². The Hall–Kier alpha value is -1.46. The predicted octanol–water partition coefficient (Wildman–Crippen LogP) is 1.87. The maximum absolute atomic E-state index is 11.3. The molecule has 0 saturated heterocycles. The zero-order valence-corrected chi connectivity index (χ0v) is 12.0. The maximum Gasteiger partial charge on any atom is 0.0951 e. The van der Waals surface area contributed by atoms with Crippen molar-refractivity contribution in [2.24, 2.45) is 5.73 Å². The molecule has 2 rings (SSSR count). The highest BCUT2D eigenvalue weighted by atomic mass is 32.2. The van der Waals surface area contributed by atoms with Crippen LogP contribution in [-0.2, 0) is 10.8 Å². The minimum atomic E-state index is -0.836. The average Bonchev–Trinajstić information content (AvgIpc) is 2.87. The third-order valence-corrected chi connectivity index (χ3v) is 4.08. The molecule has 4 nitrogen and oxygen atoms in total. The monoisotopic (exact) mass is 277 g/mol. The van der Waals surface area contributed by atoms with E-state index in [9.17, 15) is 4.21 Å². The van der Waals surface area contributed by atoms with Crippen LogP contribution in [0, 0.1) is 0 Å². The van der Waals surface area contributed by atoms with Gasteiger partial charge in [-0.15, -0.1) is 0 Å². The van der Waals surface area contributed by atoms with Gasteiger partial charge in [0.1, 0.15) is 0 Å². The zero-order valence-electron chi connectivity index (χ0n) is 11.2. The molecule has 19 heavy (non-hydrogen) atoms. The number of hydrogen-bond acceptors (Lipinski definition) is 3. The average molecular weight is 277 g/mol. The van der Waals surface area contributed by atoms with Gasteiger partial charge in [0, 0.05) is 28.9 Å². The van der Waals surface area contributed by atoms with Gasteiger partial charge in [-0.2, -0.15) is 0 Å². The summed E-state index contributed by atoms with van der Waals surface area (Å²) >= 11 is 0. The highest BCUT2D eigenvalue weighted by molar-refractivity contribution is 7.84. The van der Waals surface area contributed by atoms with Crippen molar-refractivity contribution in [3.05, 3.63) is 54.1 Å². The van der Waals surface area contributed by atoms with E-state index in [1.807, 2.05) is 41.8 Å². The summed E-state index contributed by atoms with van der Waals surface area (Å²) in [7, 11) is -0.836. The Morgan fingerprint density at radius 2 is 2.05 bits per heavy atom. The van der Waals surface area contributed by atoms with Gasteiger partial charge in [0.2, 0.25) is 0 Å². The molecule has 3 atom stereocenters. The Bertz CT molecular complexity index is 553. The molecule has 0 radical (unpaired) electrons. The number of rotatable bonds is 5. The lowest BCUT2D eigenvalue weighted by molar-refractivity contribution is 0.560. The van der Waals surface area contributed by atoms with Crippen molar-refractivity contribution in [1.82, 2.24) is 9.55 Å². The number of nitrogens with zero attached hydrogens (tertiary/aromatic N) is 2. The Balaban J connectivity index is 2.26. The van der Waals surface area contributed by atoms with E-state index in [0.717, 1.165) is 11.3 Å². The molecular formula is C14H19N3OS. The molecule has 0 spiro atoms. The van der Waals surface area contributed by atoms with Crippen LogP contribution in [0.3, 0.4) is 0 Å². The number of aromatic nitrogens is 2. The van der Waals surface area contributed by atoms with Crippen molar-refractivity contribution in [2.75, 3.05) is 12.0 Å². The second-order valence-corrected chi connectivity index (χ2v) is 6.18. The molecule has 0 saturated carbocycles. The van der Waals surface area contributed by atoms with Crippen LogP contribution in [0.2, 0.25) is 0 Å². The summed E-state index contributed by atoms with van der Waals surface area (Å²) in [5.74, 6) is 0.602. The summed E-state index contributed by atoms with van der Waals surface area (Å²) < 4.78 is 13.4. The fraction of sp³-hybridized carbons (Fsp3) is 0.357. The van der Waals surface area contributed by atoms with Gasteiger partial charge in [-0.3, -0.25) is 4.21 Å². The fourth-order valence-electron chi connectivity index (χ4n) is 2.18. The lowest BCUT2D eigenvalue weighted by Crippen LogP contribution is -2.20. The zero-order chi connectivity index (χ0) is 13.8. The predicted molar refractivity (Wildman–Crippen MR) is 78.3 cm³/mol. The fourth-order valence-corrected chi connectivity index (χ4v) is 3.02. The van der Waals surface area contributed by atoms with E-state index in [4.69, 9.17) is 5.73 Å². The molecular weight excluding hydrogens is 258 g/mol. The number of imidazole rings is 1. The minimum absolute atomic E-state index is 0.123. The maximum atomic E-state index is 11.3. The van der Waals surface area contributed by atoms with Crippen molar-refractivity contribution < 1.29 is 4.21 Å². The molecule has 102 valence electrons. The highest BCUT2D eigenvalue weighted by Gasteiger charge is 2.17. The topological polar surface area (TPSA) is 60.9 Å². The summed E-state index contributed by atoms with van der Waals surface area (Å²) in [5, 5.41) is 0. The molecule has 0 bridgehead atoms. The van der Waals surface area contributed by atoms with Gasteiger partial charge < -0.3 is 10.3 Å². The molecule has 1 aromatic heterocycles. The van der Waals surface area contributed by atoms with Gasteiger partial charge in [-0.25, -0.2) is 4.98 Å². The van der Waals surface area contributed by atoms with Crippen LogP contribution in [0.4, 0.5) is 0 Å². The summed E-state index contributed by atoms with van der Waals surface area (Å²) in [5.41, 5.74) is 8.29. The van der Waals surface area contributed by atoms with Gasteiger partial charge in [-0.1, -0.05) is 30.3 Å². The van der Waals surface area contributed by atoms with Crippen LogP contribution < -0.4 is 5.73 Å². The summed E-state index contributed by atoms with van der Waals surface area (Å²) in [6.07, 6.45) is 5.26. The van der Waals surface area contributed by atoms with Crippen LogP contribution >= 0.6 is 0 Å². The smallest absolute Gasteiger partial charge is 0.0951 e. The quantitative estimate of drug-likeness (QED) is 0.907. The first-order valence-corrected chi connectivity index (χ1v) is 7.94. The molecule has 1 heterocycles. The molecule has 1 aromatic carbocycles. The molecule has 0 aliphatic carbocycles. The molecule has 0 fully saturated rings. The Morgan fingerprint density at radius 1 is 1.37 bits per heavy atom. The Kier molecular flexibility index (Phi) is 4.50. The first kappa shape index (κ1) is 14.0. The van der Waals surface area contributed by atoms with E-state index in [1.165, 1.54) is 0 Å². The van der Waals surface area contributed by atoms with Gasteiger partial charge in [-0.05, 0) is 12.5 Å². The van der Waals surface area contributed by atoms with E-state index in [1.54, 1.807) is 18.8 Å². The largest absolute Gasteiger partial charge is 0.329 e. The number of hydrogen-bond donors (Lipinski definition) is 1. The lowest BCUT2D eigenvalue weighted by Gasteiger charge is -2.19. The van der Waals surface area contributed by atoms with Crippen LogP contribution in [0.5, 0.6) is 0 Å². The third-order valence-electron chi connectivity index (χ3n) is 3.12. The SMILES string of the molecule is CC(CS(C)=O)n1cncc1C(N)c1ccccc1. The van der Waals surface area contributed by atoms with E-state index in [-0.39, 0.29) is 12.1 Å². The van der Waals surface area contributed by atoms with E-state index < -0.39 is 10.8 Å². The summed E-state index contributed by atoms with van der Waals surface area (Å²) in [6.45, 7) is 2.03. The second-order valence-electron chi connectivity index (χ2n) is 4.70. The molecule has 3 unspecified atom stereocenters. The van der Waals surface area contributed by atoms with Crippen molar-refractivity contribution in [2.45, 2.75) is 19.0 Å². The highest BCUT2D eigenvalue weighted by Crippen LogP contribution is 2.22. The molecule has 0 aliphatic heterocycles. The normalized spacial score (nSPS) is 15.9. The third kappa shape index (κ3) is 3.30. The number of nitrogens with two attached hydrogens (primary N) is 1. The van der Waals surface area contributed by atoms with Crippen molar-refractivity contribution in [3.8, 4) is 0 Å². The minimum Gasteiger partial charge on any atom is -0.329 e. The van der Waals surface area contributed by atoms with Crippen LogP contribution in [0.15, 0.2) is 42.9 Å². The van der Waals surface area contributed by atoms with Crippen LogP contribution in [0.25, 0.3) is 0 Å². The Labute approximate surface area is 116 Å². The summed E-state index contributed by atoms with van der Waals surface area (Å²) in [6, 6.07) is 9.83. The van der Waals surface area contributed by atoms with Crippen molar-refractivity contribution in [1.29, 1.82) is 0 Å². The standard InChI is InChI=1S/C14H19N3OS/c1-11(9-19(2)18)17-10-16-8-13(17)14(15)12-6-4-3-5-7-12/h3-8,10-11,14H,9,15H2,1-2H3. The molecule has 0 amide bonds. The van der Waals surface area contributed by atoms with Crippen LogP contribution in [-0.4, -0.2) is 25.8 Å². The van der Waals surface area contributed by atoms with Crippen molar-refractivity contribution >= 4 is 10.8 Å². The van der Waals surface area contributed by atoms with E-state index in [0.29, 0.717) is 5.75 Å². The summed E-state index contributed by atoms with van der Waals surface area (Å²) in [4.78, 5) is 4.18. The molecule has 2 N–H and O–H groups in total. The van der Waals surface area contributed by atoms with Crippen molar-refractivity contribution in [3.63, 3.8) is 0 Å². The van der Waals surface area contributed by atoms with Gasteiger partial charge in [0.15, 0.2) is 0 Å². The molecule has 5 heteroatoms. The van der Waals surface area contributed by atoms with Gasteiger partial charge in [0.05, 0.1) is 24.3 Å². The number of benzene rings is 1. The molecule has 2 aromatic rings. The second kappa shape index (κ2) is 6.12. The first-order chi connectivity index (χ1) is 9.09.